The van der Waals surface area contributed by atoms with Crippen LogP contribution in [0.4, 0.5) is 4.79 Å². The van der Waals surface area contributed by atoms with E-state index in [1.165, 1.54) is 19.0 Å². The van der Waals surface area contributed by atoms with Crippen LogP contribution in [0, 0.1) is 0 Å². The fourth-order valence-electron chi connectivity index (χ4n) is 1.41. The lowest BCUT2D eigenvalue weighted by atomic mass is 10.2. The molecule has 1 atom stereocenters. The molecule has 1 rings (SSSR count). The van der Waals surface area contributed by atoms with Gasteiger partial charge in [0.05, 0.1) is 6.54 Å². The third kappa shape index (κ3) is 1.84. The predicted molar refractivity (Wildman–Crippen MR) is 46.8 cm³/mol. The second-order valence-corrected chi connectivity index (χ2v) is 3.40. The van der Waals surface area contributed by atoms with E-state index in [0.717, 1.165) is 4.90 Å². The summed E-state index contributed by atoms with van der Waals surface area (Å²) < 4.78 is 0. The minimum absolute atomic E-state index is 0.0106. The molecule has 1 aliphatic heterocycles. The molecule has 78 valence electrons. The Hall–Kier alpha value is -1.59. The van der Waals surface area contributed by atoms with Crippen molar-refractivity contribution in [3.63, 3.8) is 0 Å². The third-order valence-corrected chi connectivity index (χ3v) is 2.12. The average molecular weight is 200 g/mol. The highest BCUT2D eigenvalue weighted by Crippen LogP contribution is 2.15. The van der Waals surface area contributed by atoms with Gasteiger partial charge < -0.3 is 10.0 Å². The van der Waals surface area contributed by atoms with Crippen LogP contribution in [0.2, 0.25) is 0 Å². The lowest BCUT2D eigenvalue weighted by molar-refractivity contribution is -0.133. The zero-order chi connectivity index (χ0) is 10.9. The summed E-state index contributed by atoms with van der Waals surface area (Å²) in [6.07, 6.45) is -1.24. The van der Waals surface area contributed by atoms with Crippen LogP contribution in [0.3, 0.4) is 0 Å². The van der Waals surface area contributed by atoms with Crippen molar-refractivity contribution in [2.45, 2.75) is 12.5 Å². The molecular weight excluding hydrogens is 188 g/mol. The molecule has 0 radical (unpaired) electrons. The zero-order valence-electron chi connectivity index (χ0n) is 8.06. The molecule has 0 spiro atoms. The summed E-state index contributed by atoms with van der Waals surface area (Å²) in [5, 5.41) is 8.74. The molecule has 0 bridgehead atoms. The number of nitrogens with zero attached hydrogens (tertiary/aromatic N) is 2. The molecule has 0 aromatic heterocycles. The number of carbonyl (C=O) groups excluding carboxylic acids is 2. The lowest BCUT2D eigenvalue weighted by Crippen LogP contribution is -2.44. The van der Waals surface area contributed by atoms with Crippen molar-refractivity contribution in [2.75, 3.05) is 20.6 Å². The standard InChI is InChI=1S/C8H12N2O4/c1-9(2)7(12)6-3-5(11)4-10(6)8(13)14/h6H,3-4H2,1-2H3,(H,13,14)/t6-/m0/s1. The van der Waals surface area contributed by atoms with Crippen LogP contribution in [-0.2, 0) is 9.59 Å². The lowest BCUT2D eigenvalue weighted by Gasteiger charge is -2.22. The minimum atomic E-state index is -1.23. The molecule has 2 amide bonds. The Labute approximate surface area is 81.1 Å². The van der Waals surface area contributed by atoms with E-state index in [0.29, 0.717) is 0 Å². The van der Waals surface area contributed by atoms with Crippen LogP contribution < -0.4 is 0 Å². The van der Waals surface area contributed by atoms with Gasteiger partial charge in [0.2, 0.25) is 5.91 Å². The number of carboxylic acid groups (broad SMARTS) is 1. The average Bonchev–Trinajstić information content (AvgIpc) is 2.45. The summed E-state index contributed by atoms with van der Waals surface area (Å²) in [5.74, 6) is -0.564. The number of amides is 2. The monoisotopic (exact) mass is 200 g/mol. The summed E-state index contributed by atoms with van der Waals surface area (Å²) in [6, 6.07) is -0.838. The topological polar surface area (TPSA) is 77.9 Å². The second kappa shape index (κ2) is 3.65. The van der Waals surface area contributed by atoms with Gasteiger partial charge in [0.1, 0.15) is 6.04 Å². The normalized spacial score (nSPS) is 21.1. The van der Waals surface area contributed by atoms with Crippen LogP contribution in [-0.4, -0.2) is 59.4 Å². The van der Waals surface area contributed by atoms with Crippen molar-refractivity contribution in [3.05, 3.63) is 0 Å². The number of hydrogen-bond donors (Lipinski definition) is 1. The van der Waals surface area contributed by atoms with Crippen molar-refractivity contribution in [3.8, 4) is 0 Å². The highest BCUT2D eigenvalue weighted by molar-refractivity contribution is 5.97. The van der Waals surface area contributed by atoms with Gasteiger partial charge in [0.25, 0.3) is 0 Å². The number of rotatable bonds is 1. The molecular formula is C8H12N2O4. The van der Waals surface area contributed by atoms with Gasteiger partial charge in [-0.3, -0.25) is 14.5 Å². The first-order chi connectivity index (χ1) is 6.43. The molecule has 1 heterocycles. The summed E-state index contributed by atoms with van der Waals surface area (Å²) in [4.78, 5) is 35.4. The highest BCUT2D eigenvalue weighted by Gasteiger charge is 2.39. The van der Waals surface area contributed by atoms with Crippen molar-refractivity contribution in [1.29, 1.82) is 0 Å². The van der Waals surface area contributed by atoms with Crippen LogP contribution in [0.1, 0.15) is 6.42 Å². The molecule has 0 aliphatic carbocycles. The van der Waals surface area contributed by atoms with Crippen LogP contribution >= 0.6 is 0 Å². The van der Waals surface area contributed by atoms with Crippen molar-refractivity contribution in [2.24, 2.45) is 0 Å². The Balaban J connectivity index is 2.81. The number of likely N-dealkylation sites (N-methyl/N-ethyl adjacent to an activating group) is 1. The van der Waals surface area contributed by atoms with Gasteiger partial charge in [-0.15, -0.1) is 0 Å². The van der Waals surface area contributed by atoms with E-state index in [4.69, 9.17) is 5.11 Å². The van der Waals surface area contributed by atoms with E-state index in [9.17, 15) is 14.4 Å². The Kier molecular flexibility index (Phi) is 2.73. The summed E-state index contributed by atoms with van der Waals surface area (Å²) in [7, 11) is 3.07. The highest BCUT2D eigenvalue weighted by atomic mass is 16.4. The number of hydrogen-bond acceptors (Lipinski definition) is 3. The third-order valence-electron chi connectivity index (χ3n) is 2.12. The van der Waals surface area contributed by atoms with Gasteiger partial charge in [0.15, 0.2) is 5.78 Å². The van der Waals surface area contributed by atoms with E-state index in [-0.39, 0.29) is 24.7 Å². The van der Waals surface area contributed by atoms with Crippen LogP contribution in [0.5, 0.6) is 0 Å². The Morgan fingerprint density at radius 3 is 2.50 bits per heavy atom. The molecule has 0 saturated carbocycles. The number of Topliss-reactive ketones (excluding diaryl/α,β-unsaturated/α-hetero) is 1. The van der Waals surface area contributed by atoms with E-state index in [2.05, 4.69) is 0 Å². The smallest absolute Gasteiger partial charge is 0.408 e. The van der Waals surface area contributed by atoms with Gasteiger partial charge in [-0.25, -0.2) is 4.79 Å². The second-order valence-electron chi connectivity index (χ2n) is 3.40. The Bertz CT molecular complexity index is 287. The molecule has 0 unspecified atom stereocenters. The van der Waals surface area contributed by atoms with Gasteiger partial charge in [0, 0.05) is 20.5 Å². The van der Waals surface area contributed by atoms with Crippen LogP contribution in [0.15, 0.2) is 0 Å². The maximum absolute atomic E-state index is 11.5. The number of carbonyl (C=O) groups is 3. The summed E-state index contributed by atoms with van der Waals surface area (Å²) in [6.45, 7) is -0.181. The minimum Gasteiger partial charge on any atom is -0.465 e. The van der Waals surface area contributed by atoms with E-state index in [1.807, 2.05) is 0 Å². The number of ketones is 1. The molecule has 6 nitrogen and oxygen atoms in total. The molecule has 0 aromatic carbocycles. The van der Waals surface area contributed by atoms with Crippen LogP contribution in [0.25, 0.3) is 0 Å². The van der Waals surface area contributed by atoms with E-state index >= 15 is 0 Å². The summed E-state index contributed by atoms with van der Waals surface area (Å²) >= 11 is 0. The van der Waals surface area contributed by atoms with Gasteiger partial charge >= 0.3 is 6.09 Å². The maximum Gasteiger partial charge on any atom is 0.408 e. The molecule has 0 aromatic rings. The molecule has 1 N–H and O–H groups in total. The van der Waals surface area contributed by atoms with Crippen molar-refractivity contribution >= 4 is 17.8 Å². The van der Waals surface area contributed by atoms with Crippen molar-refractivity contribution in [1.82, 2.24) is 9.80 Å². The first kappa shape index (κ1) is 10.5. The van der Waals surface area contributed by atoms with E-state index < -0.39 is 12.1 Å². The SMILES string of the molecule is CN(C)C(=O)[C@@H]1CC(=O)CN1C(=O)O. The first-order valence-electron chi connectivity index (χ1n) is 4.16. The largest absolute Gasteiger partial charge is 0.465 e. The zero-order valence-corrected chi connectivity index (χ0v) is 8.06. The maximum atomic E-state index is 11.5. The van der Waals surface area contributed by atoms with E-state index in [1.54, 1.807) is 0 Å². The fourth-order valence-corrected chi connectivity index (χ4v) is 1.41. The van der Waals surface area contributed by atoms with Gasteiger partial charge in [-0.2, -0.15) is 0 Å². The van der Waals surface area contributed by atoms with Gasteiger partial charge in [-0.05, 0) is 0 Å². The predicted octanol–water partition coefficient (Wildman–Crippen LogP) is -0.604. The number of likely N-dealkylation sites (tertiary alicyclic amines) is 1. The molecule has 1 aliphatic rings. The van der Waals surface area contributed by atoms with Gasteiger partial charge in [-0.1, -0.05) is 0 Å². The molecule has 1 saturated heterocycles. The quantitative estimate of drug-likeness (QED) is 0.612. The molecule has 6 heteroatoms. The summed E-state index contributed by atoms with van der Waals surface area (Å²) in [5.41, 5.74) is 0. The molecule has 1 fully saturated rings. The molecule has 14 heavy (non-hydrogen) atoms. The Morgan fingerprint density at radius 2 is 2.07 bits per heavy atom. The first-order valence-corrected chi connectivity index (χ1v) is 4.16. The Morgan fingerprint density at radius 1 is 1.50 bits per heavy atom. The van der Waals surface area contributed by atoms with Crippen molar-refractivity contribution < 1.29 is 19.5 Å². The fraction of sp³-hybridized carbons (Fsp3) is 0.625.